The lowest BCUT2D eigenvalue weighted by Crippen LogP contribution is -2.32. The first kappa shape index (κ1) is 22.2. The lowest BCUT2D eigenvalue weighted by Gasteiger charge is -2.10. The lowest BCUT2D eigenvalue weighted by atomic mass is 10.2. The molecule has 168 valence electrons. The molecule has 0 unspecified atom stereocenters. The summed E-state index contributed by atoms with van der Waals surface area (Å²) in [4.78, 5) is 47.4. The van der Waals surface area contributed by atoms with E-state index in [1.807, 2.05) is 24.3 Å². The molecule has 3 aromatic heterocycles. The Kier molecular flexibility index (Phi) is 6.45. The van der Waals surface area contributed by atoms with Crippen LogP contribution < -0.4 is 20.9 Å². The Labute approximate surface area is 193 Å². The van der Waals surface area contributed by atoms with E-state index in [9.17, 15) is 14.4 Å². The van der Waals surface area contributed by atoms with Gasteiger partial charge in [0.2, 0.25) is 5.91 Å². The van der Waals surface area contributed by atoms with Gasteiger partial charge in [0, 0.05) is 18.3 Å². The van der Waals surface area contributed by atoms with Crippen LogP contribution in [-0.4, -0.2) is 33.5 Å². The van der Waals surface area contributed by atoms with Crippen molar-refractivity contribution in [2.24, 2.45) is 0 Å². The molecule has 0 radical (unpaired) electrons. The van der Waals surface area contributed by atoms with E-state index in [2.05, 4.69) is 20.6 Å². The first-order valence-electron chi connectivity index (χ1n) is 10.1. The molecule has 0 saturated heterocycles. The van der Waals surface area contributed by atoms with Gasteiger partial charge in [0.1, 0.15) is 22.9 Å². The number of fused-ring (bicyclic) bond motifs is 1. The van der Waals surface area contributed by atoms with Gasteiger partial charge in [0.15, 0.2) is 0 Å². The van der Waals surface area contributed by atoms with E-state index in [0.717, 1.165) is 16.9 Å². The van der Waals surface area contributed by atoms with Gasteiger partial charge in [-0.05, 0) is 30.7 Å². The van der Waals surface area contributed by atoms with Crippen molar-refractivity contribution in [1.29, 1.82) is 0 Å². The highest BCUT2D eigenvalue weighted by Crippen LogP contribution is 2.27. The predicted molar refractivity (Wildman–Crippen MR) is 126 cm³/mol. The maximum Gasteiger partial charge on any atom is 0.267 e. The third kappa shape index (κ3) is 4.75. The number of carbonyl (C=O) groups is 2. The van der Waals surface area contributed by atoms with Crippen molar-refractivity contribution in [1.82, 2.24) is 19.9 Å². The second-order valence-corrected chi connectivity index (χ2v) is 8.17. The number of aryl methyl sites for hydroxylation is 1. The Balaban J connectivity index is 1.52. The highest BCUT2D eigenvalue weighted by atomic mass is 32.1. The van der Waals surface area contributed by atoms with Gasteiger partial charge in [0.25, 0.3) is 11.5 Å². The number of thiophene rings is 1. The third-order valence-corrected chi connectivity index (χ3v) is 6.21. The summed E-state index contributed by atoms with van der Waals surface area (Å²) >= 11 is 1.13. The standard InChI is InChI=1S/C23H21N5O4S/c1-14-19-22(33-20(14)21(30)27-17-9-5-6-10-24-17)26-13-28(23(19)31)12-18(29)25-11-15-7-3-4-8-16(15)32-2/h3-10,13H,11-12H2,1-2H3,(H,25,29)(H,24,27,30). The molecule has 0 bridgehead atoms. The molecule has 4 rings (SSSR count). The average Bonchev–Trinajstić information content (AvgIpc) is 3.17. The van der Waals surface area contributed by atoms with Crippen LogP contribution in [0, 0.1) is 6.92 Å². The Morgan fingerprint density at radius 1 is 1.12 bits per heavy atom. The Morgan fingerprint density at radius 2 is 1.91 bits per heavy atom. The van der Waals surface area contributed by atoms with E-state index in [0.29, 0.717) is 32.2 Å². The Morgan fingerprint density at radius 3 is 2.67 bits per heavy atom. The maximum atomic E-state index is 13.0. The van der Waals surface area contributed by atoms with Crippen LogP contribution in [0.2, 0.25) is 0 Å². The number of methoxy groups -OCH3 is 1. The normalized spacial score (nSPS) is 10.7. The van der Waals surface area contributed by atoms with Gasteiger partial charge in [-0.3, -0.25) is 19.0 Å². The summed E-state index contributed by atoms with van der Waals surface area (Å²) in [5.74, 6) is 0.375. The van der Waals surface area contributed by atoms with E-state index < -0.39 is 0 Å². The number of para-hydroxylation sites is 1. The van der Waals surface area contributed by atoms with Gasteiger partial charge in [0.05, 0.1) is 23.7 Å². The fraction of sp³-hybridized carbons (Fsp3) is 0.174. The number of aromatic nitrogens is 3. The van der Waals surface area contributed by atoms with Crippen molar-refractivity contribution in [2.75, 3.05) is 12.4 Å². The topological polar surface area (TPSA) is 115 Å². The van der Waals surface area contributed by atoms with Crippen LogP contribution in [0.1, 0.15) is 20.8 Å². The number of rotatable bonds is 7. The fourth-order valence-corrected chi connectivity index (χ4v) is 4.39. The summed E-state index contributed by atoms with van der Waals surface area (Å²) in [6.07, 6.45) is 2.90. The number of hydrogen-bond acceptors (Lipinski definition) is 7. The Bertz CT molecular complexity index is 1380. The molecular formula is C23H21N5O4S. The Hall–Kier alpha value is -4.05. The molecule has 0 atom stereocenters. The van der Waals surface area contributed by atoms with Crippen molar-refractivity contribution >= 4 is 39.2 Å². The van der Waals surface area contributed by atoms with Crippen LogP contribution in [0.3, 0.4) is 0 Å². The van der Waals surface area contributed by atoms with Crippen molar-refractivity contribution < 1.29 is 14.3 Å². The van der Waals surface area contributed by atoms with E-state index in [1.165, 1.54) is 10.9 Å². The number of hydrogen-bond donors (Lipinski definition) is 2. The second-order valence-electron chi connectivity index (χ2n) is 7.17. The summed E-state index contributed by atoms with van der Waals surface area (Å²) in [5, 5.41) is 5.83. The van der Waals surface area contributed by atoms with Crippen LogP contribution in [-0.2, 0) is 17.9 Å². The molecule has 2 amide bonds. The SMILES string of the molecule is COc1ccccc1CNC(=O)Cn1cnc2sc(C(=O)Nc3ccccn3)c(C)c2c1=O. The third-order valence-electron chi connectivity index (χ3n) is 5.01. The molecule has 1 aromatic carbocycles. The average molecular weight is 464 g/mol. The lowest BCUT2D eigenvalue weighted by molar-refractivity contribution is -0.121. The van der Waals surface area contributed by atoms with Crippen LogP contribution in [0.25, 0.3) is 10.2 Å². The number of amides is 2. The quantitative estimate of drug-likeness (QED) is 0.436. The minimum absolute atomic E-state index is 0.193. The van der Waals surface area contributed by atoms with Crippen LogP contribution in [0.5, 0.6) is 5.75 Å². The number of nitrogens with one attached hydrogen (secondary N) is 2. The summed E-state index contributed by atoms with van der Waals surface area (Å²) in [6, 6.07) is 12.6. The van der Waals surface area contributed by atoms with Gasteiger partial charge >= 0.3 is 0 Å². The van der Waals surface area contributed by atoms with E-state index in [4.69, 9.17) is 4.74 Å². The highest BCUT2D eigenvalue weighted by Gasteiger charge is 2.20. The molecule has 0 fully saturated rings. The zero-order valence-electron chi connectivity index (χ0n) is 18.0. The van der Waals surface area contributed by atoms with Crippen LogP contribution in [0.4, 0.5) is 5.82 Å². The molecule has 2 N–H and O–H groups in total. The van der Waals surface area contributed by atoms with Gasteiger partial charge in [-0.2, -0.15) is 0 Å². The summed E-state index contributed by atoms with van der Waals surface area (Å²) in [6.45, 7) is 1.77. The monoisotopic (exact) mass is 463 g/mol. The first-order chi connectivity index (χ1) is 16.0. The van der Waals surface area contributed by atoms with E-state index in [-0.39, 0.29) is 30.5 Å². The van der Waals surface area contributed by atoms with Crippen molar-refractivity contribution in [2.45, 2.75) is 20.0 Å². The summed E-state index contributed by atoms with van der Waals surface area (Å²) in [7, 11) is 1.56. The van der Waals surface area contributed by atoms with Crippen LogP contribution in [0.15, 0.2) is 59.8 Å². The zero-order valence-corrected chi connectivity index (χ0v) is 18.8. The predicted octanol–water partition coefficient (Wildman–Crippen LogP) is 2.74. The smallest absolute Gasteiger partial charge is 0.267 e. The van der Waals surface area contributed by atoms with Crippen LogP contribution >= 0.6 is 11.3 Å². The number of carbonyl (C=O) groups excluding carboxylic acids is 2. The number of anilines is 1. The minimum Gasteiger partial charge on any atom is -0.496 e. The zero-order chi connectivity index (χ0) is 23.4. The summed E-state index contributed by atoms with van der Waals surface area (Å²) < 4.78 is 6.52. The molecular weight excluding hydrogens is 442 g/mol. The molecule has 9 nitrogen and oxygen atoms in total. The minimum atomic E-state index is -0.377. The van der Waals surface area contributed by atoms with Crippen molar-refractivity contribution in [3.8, 4) is 5.75 Å². The van der Waals surface area contributed by atoms with Crippen molar-refractivity contribution in [3.63, 3.8) is 0 Å². The molecule has 0 spiro atoms. The molecule has 10 heteroatoms. The van der Waals surface area contributed by atoms with E-state index >= 15 is 0 Å². The molecule has 4 aromatic rings. The number of nitrogens with zero attached hydrogens (tertiary/aromatic N) is 3. The number of benzene rings is 1. The highest BCUT2D eigenvalue weighted by molar-refractivity contribution is 7.20. The fourth-order valence-electron chi connectivity index (χ4n) is 3.35. The van der Waals surface area contributed by atoms with Gasteiger partial charge in [-0.25, -0.2) is 9.97 Å². The molecule has 0 aliphatic rings. The van der Waals surface area contributed by atoms with E-state index in [1.54, 1.807) is 38.4 Å². The second kappa shape index (κ2) is 9.61. The summed E-state index contributed by atoms with van der Waals surface area (Å²) in [5.41, 5.74) is 0.967. The molecule has 0 aliphatic heterocycles. The molecule has 33 heavy (non-hydrogen) atoms. The van der Waals surface area contributed by atoms with Gasteiger partial charge in [-0.1, -0.05) is 24.3 Å². The molecule has 3 heterocycles. The largest absolute Gasteiger partial charge is 0.496 e. The maximum absolute atomic E-state index is 13.0. The molecule has 0 saturated carbocycles. The number of ether oxygens (including phenoxy) is 1. The number of pyridine rings is 1. The van der Waals surface area contributed by atoms with Gasteiger partial charge < -0.3 is 15.4 Å². The molecule has 0 aliphatic carbocycles. The van der Waals surface area contributed by atoms with Crippen molar-refractivity contribution in [3.05, 3.63) is 81.3 Å². The first-order valence-corrected chi connectivity index (χ1v) is 10.9. The van der Waals surface area contributed by atoms with Gasteiger partial charge in [-0.15, -0.1) is 11.3 Å².